The molecule has 0 spiro atoms. The highest BCUT2D eigenvalue weighted by Gasteiger charge is 2.59. The second kappa shape index (κ2) is 7.43. The maximum Gasteiger partial charge on any atom is 0.338 e. The van der Waals surface area contributed by atoms with Gasteiger partial charge in [0.1, 0.15) is 6.10 Å². The Kier molecular flexibility index (Phi) is 5.50. The maximum absolute atomic E-state index is 12.9. The highest BCUT2D eigenvalue weighted by molar-refractivity contribution is 5.90. The average Bonchev–Trinajstić information content (AvgIpc) is 2.85. The molecule has 4 atom stereocenters. The molecule has 5 nitrogen and oxygen atoms in total. The Balaban J connectivity index is 1.93. The summed E-state index contributed by atoms with van der Waals surface area (Å²) >= 11 is 0. The fourth-order valence-electron chi connectivity index (χ4n) is 5.09. The van der Waals surface area contributed by atoms with Gasteiger partial charge < -0.3 is 19.7 Å². The minimum atomic E-state index is -0.856. The molecule has 1 fully saturated rings. The molecule has 154 valence electrons. The van der Waals surface area contributed by atoms with Crippen LogP contribution < -0.4 is 4.74 Å². The Hall–Kier alpha value is -2.01. The summed E-state index contributed by atoms with van der Waals surface area (Å²) in [7, 11) is 1.44. The molecule has 0 heterocycles. The number of aliphatic hydroxyl groups is 1. The van der Waals surface area contributed by atoms with E-state index in [0.29, 0.717) is 12.0 Å². The van der Waals surface area contributed by atoms with Gasteiger partial charge in [-0.2, -0.15) is 0 Å². The number of esters is 1. The van der Waals surface area contributed by atoms with Gasteiger partial charge in [-0.25, -0.2) is 4.79 Å². The number of phenolic OH excluding ortho intramolecular Hbond substituents is 1. The van der Waals surface area contributed by atoms with Gasteiger partial charge in [0.2, 0.25) is 0 Å². The molecule has 1 aromatic carbocycles. The van der Waals surface area contributed by atoms with E-state index >= 15 is 0 Å². The normalized spacial score (nSPS) is 32.5. The topological polar surface area (TPSA) is 76.0 Å². The number of aromatic hydroxyl groups is 1. The standard InChI is InChI=1S/C23H32O5/c1-14(2)23(26)11-10-22(4)9-8-15(3)12-19(20(22)23)28-21(25)16-6-7-17(24)18(13-16)27-5/h6-8,13-14,19-20,24,26H,9-12H2,1-5H3/t19-,20+,22+,23-/m1/s1. The summed E-state index contributed by atoms with van der Waals surface area (Å²) < 4.78 is 11.1. The number of benzene rings is 1. The summed E-state index contributed by atoms with van der Waals surface area (Å²) in [6, 6.07) is 4.44. The van der Waals surface area contributed by atoms with Crippen molar-refractivity contribution in [2.75, 3.05) is 7.11 Å². The van der Waals surface area contributed by atoms with Gasteiger partial charge in [0.15, 0.2) is 11.5 Å². The highest BCUT2D eigenvalue weighted by atomic mass is 16.5. The van der Waals surface area contributed by atoms with Gasteiger partial charge in [0.05, 0.1) is 18.3 Å². The first-order valence-corrected chi connectivity index (χ1v) is 10.1. The number of hydrogen-bond donors (Lipinski definition) is 2. The Labute approximate surface area is 167 Å². The quantitative estimate of drug-likeness (QED) is 0.588. The smallest absolute Gasteiger partial charge is 0.338 e. The molecule has 0 bridgehead atoms. The van der Waals surface area contributed by atoms with Gasteiger partial charge >= 0.3 is 5.97 Å². The zero-order chi connectivity index (χ0) is 20.7. The summed E-state index contributed by atoms with van der Waals surface area (Å²) in [5.74, 6) is -0.302. The predicted octanol–water partition coefficient (Wildman–Crippen LogP) is 4.47. The van der Waals surface area contributed by atoms with Crippen molar-refractivity contribution in [3.05, 3.63) is 35.4 Å². The third-order valence-electron chi connectivity index (χ3n) is 6.87. The lowest BCUT2D eigenvalue weighted by Crippen LogP contribution is -2.50. The van der Waals surface area contributed by atoms with Crippen molar-refractivity contribution in [2.24, 2.45) is 17.3 Å². The zero-order valence-electron chi connectivity index (χ0n) is 17.5. The van der Waals surface area contributed by atoms with Crippen molar-refractivity contribution >= 4 is 5.97 Å². The Bertz CT molecular complexity index is 783. The Morgan fingerprint density at radius 1 is 1.29 bits per heavy atom. The molecular formula is C23H32O5. The molecule has 0 amide bonds. The molecule has 1 saturated carbocycles. The van der Waals surface area contributed by atoms with Crippen molar-refractivity contribution in [3.63, 3.8) is 0 Å². The molecule has 5 heteroatoms. The molecule has 0 aromatic heterocycles. The molecular weight excluding hydrogens is 356 g/mol. The average molecular weight is 389 g/mol. The summed E-state index contributed by atoms with van der Waals surface area (Å²) in [6.07, 6.45) is 4.98. The Morgan fingerprint density at radius 3 is 2.64 bits per heavy atom. The lowest BCUT2D eigenvalue weighted by Gasteiger charge is -2.43. The second-order valence-electron chi connectivity index (χ2n) is 9.07. The molecule has 0 aliphatic heterocycles. The van der Waals surface area contributed by atoms with Crippen LogP contribution in [0.3, 0.4) is 0 Å². The molecule has 2 aliphatic carbocycles. The number of rotatable bonds is 4. The van der Waals surface area contributed by atoms with Crippen LogP contribution >= 0.6 is 0 Å². The van der Waals surface area contributed by atoms with Crippen LogP contribution in [0.1, 0.15) is 63.7 Å². The molecule has 28 heavy (non-hydrogen) atoms. The largest absolute Gasteiger partial charge is 0.504 e. The van der Waals surface area contributed by atoms with Crippen molar-refractivity contribution < 1.29 is 24.5 Å². The maximum atomic E-state index is 12.9. The van der Waals surface area contributed by atoms with Crippen molar-refractivity contribution in [1.82, 2.24) is 0 Å². The first-order chi connectivity index (χ1) is 13.1. The number of methoxy groups -OCH3 is 1. The van der Waals surface area contributed by atoms with E-state index in [1.54, 1.807) is 0 Å². The fourth-order valence-corrected chi connectivity index (χ4v) is 5.09. The first kappa shape index (κ1) is 20.7. The predicted molar refractivity (Wildman–Crippen MR) is 107 cm³/mol. The molecule has 2 aliphatic rings. The number of phenols is 1. The summed E-state index contributed by atoms with van der Waals surface area (Å²) in [5, 5.41) is 21.3. The summed E-state index contributed by atoms with van der Waals surface area (Å²) in [5.41, 5.74) is 0.551. The van der Waals surface area contributed by atoms with Crippen LogP contribution in [0.4, 0.5) is 0 Å². The van der Waals surface area contributed by atoms with Crippen molar-refractivity contribution in [3.8, 4) is 11.5 Å². The fraction of sp³-hybridized carbons (Fsp3) is 0.609. The van der Waals surface area contributed by atoms with Crippen LogP contribution in [-0.2, 0) is 4.74 Å². The summed E-state index contributed by atoms with van der Waals surface area (Å²) in [4.78, 5) is 12.9. The number of hydrogen-bond acceptors (Lipinski definition) is 5. The van der Waals surface area contributed by atoms with Crippen LogP contribution in [-0.4, -0.2) is 35.0 Å². The third kappa shape index (κ3) is 3.52. The van der Waals surface area contributed by atoms with E-state index in [0.717, 1.165) is 19.3 Å². The molecule has 0 unspecified atom stereocenters. The van der Waals surface area contributed by atoms with Crippen LogP contribution in [0.25, 0.3) is 0 Å². The minimum Gasteiger partial charge on any atom is -0.504 e. The van der Waals surface area contributed by atoms with E-state index in [2.05, 4.69) is 19.9 Å². The minimum absolute atomic E-state index is 0.0233. The van der Waals surface area contributed by atoms with E-state index in [-0.39, 0.29) is 28.7 Å². The van der Waals surface area contributed by atoms with Crippen molar-refractivity contribution in [2.45, 2.75) is 65.1 Å². The molecule has 3 rings (SSSR count). The van der Waals surface area contributed by atoms with Gasteiger partial charge in [-0.3, -0.25) is 0 Å². The number of allylic oxidation sites excluding steroid dienone is 1. The zero-order valence-corrected chi connectivity index (χ0v) is 17.5. The molecule has 1 aromatic rings. The number of carbonyl (C=O) groups is 1. The van der Waals surface area contributed by atoms with E-state index in [4.69, 9.17) is 9.47 Å². The van der Waals surface area contributed by atoms with Gasteiger partial charge in [-0.05, 0) is 55.7 Å². The third-order valence-corrected chi connectivity index (χ3v) is 6.87. The second-order valence-corrected chi connectivity index (χ2v) is 9.07. The highest BCUT2D eigenvalue weighted by Crippen LogP contribution is 2.58. The van der Waals surface area contributed by atoms with Crippen LogP contribution in [0.2, 0.25) is 0 Å². The lowest BCUT2D eigenvalue weighted by molar-refractivity contribution is -0.112. The molecule has 0 saturated heterocycles. The van der Waals surface area contributed by atoms with Crippen LogP contribution in [0, 0.1) is 17.3 Å². The number of ether oxygens (including phenoxy) is 2. The van der Waals surface area contributed by atoms with Gasteiger partial charge in [-0.1, -0.05) is 32.4 Å². The molecule has 2 N–H and O–H groups in total. The lowest BCUT2D eigenvalue weighted by atomic mass is 9.67. The van der Waals surface area contributed by atoms with Crippen LogP contribution in [0.5, 0.6) is 11.5 Å². The van der Waals surface area contributed by atoms with Gasteiger partial charge in [0, 0.05) is 12.3 Å². The van der Waals surface area contributed by atoms with E-state index in [1.807, 2.05) is 13.8 Å². The first-order valence-electron chi connectivity index (χ1n) is 10.1. The summed E-state index contributed by atoms with van der Waals surface area (Å²) in [6.45, 7) is 8.35. The number of fused-ring (bicyclic) bond motifs is 1. The van der Waals surface area contributed by atoms with Crippen molar-refractivity contribution in [1.29, 1.82) is 0 Å². The van der Waals surface area contributed by atoms with Gasteiger partial charge in [0.25, 0.3) is 0 Å². The molecule has 0 radical (unpaired) electrons. The van der Waals surface area contributed by atoms with E-state index in [1.165, 1.54) is 30.9 Å². The Morgan fingerprint density at radius 2 is 2.00 bits per heavy atom. The monoisotopic (exact) mass is 388 g/mol. The van der Waals surface area contributed by atoms with Gasteiger partial charge in [-0.15, -0.1) is 0 Å². The number of carbonyl (C=O) groups excluding carboxylic acids is 1. The van der Waals surface area contributed by atoms with E-state index < -0.39 is 17.7 Å². The SMILES string of the molecule is COc1cc(C(=O)O[C@@H]2CC(C)=CC[C@@]3(C)CC[C@@](O)(C(C)C)[C@@H]23)ccc1O. The van der Waals surface area contributed by atoms with E-state index in [9.17, 15) is 15.0 Å². The van der Waals surface area contributed by atoms with Crippen LogP contribution in [0.15, 0.2) is 29.8 Å².